The van der Waals surface area contributed by atoms with E-state index in [0.29, 0.717) is 17.2 Å². The van der Waals surface area contributed by atoms with Crippen LogP contribution in [-0.2, 0) is 16.1 Å². The van der Waals surface area contributed by atoms with E-state index >= 15 is 0 Å². The third-order valence-corrected chi connectivity index (χ3v) is 3.74. The van der Waals surface area contributed by atoms with Crippen molar-refractivity contribution in [2.75, 3.05) is 6.61 Å². The molecule has 0 bridgehead atoms. The van der Waals surface area contributed by atoms with Gasteiger partial charge in [-0.1, -0.05) is 30.3 Å². The molecule has 7 heteroatoms. The lowest BCUT2D eigenvalue weighted by Crippen LogP contribution is -2.03. The zero-order valence-electron chi connectivity index (χ0n) is 15.5. The minimum atomic E-state index is -0.593. The van der Waals surface area contributed by atoms with Gasteiger partial charge in [0.1, 0.15) is 18.2 Å². The van der Waals surface area contributed by atoms with Crippen LogP contribution in [0.5, 0.6) is 5.75 Å². The molecule has 0 aliphatic rings. The number of hydrogen-bond donors (Lipinski definition) is 0. The maximum atomic E-state index is 14.2. The van der Waals surface area contributed by atoms with Crippen molar-refractivity contribution in [2.24, 2.45) is 0 Å². The molecule has 0 N–H and O–H groups in total. The summed E-state index contributed by atoms with van der Waals surface area (Å²) in [6.07, 6.45) is 1.20. The number of carbonyl (C=O) groups excluding carboxylic acids is 1. The molecule has 0 atom stereocenters. The molecule has 144 valence electrons. The second-order valence-corrected chi connectivity index (χ2v) is 5.89. The van der Waals surface area contributed by atoms with Crippen LogP contribution in [-0.4, -0.2) is 22.8 Å². The molecule has 3 rings (SSSR count). The van der Waals surface area contributed by atoms with Gasteiger partial charge in [0.05, 0.1) is 12.2 Å². The molecule has 0 spiro atoms. The second-order valence-electron chi connectivity index (χ2n) is 5.89. The van der Waals surface area contributed by atoms with Crippen LogP contribution in [0.1, 0.15) is 29.8 Å². The molecule has 1 heterocycles. The lowest BCUT2D eigenvalue weighted by atomic mass is 10.0. The van der Waals surface area contributed by atoms with E-state index in [1.807, 2.05) is 30.3 Å². The molecule has 3 aromatic rings. The highest BCUT2D eigenvalue weighted by atomic mass is 19.1. The fourth-order valence-corrected chi connectivity index (χ4v) is 2.52. The predicted molar refractivity (Wildman–Crippen MR) is 99.9 cm³/mol. The number of benzene rings is 2. The molecule has 0 saturated heterocycles. The van der Waals surface area contributed by atoms with E-state index in [1.165, 1.54) is 18.2 Å². The summed E-state index contributed by atoms with van der Waals surface area (Å²) in [5.41, 5.74) is 1.56. The molecule has 0 aliphatic heterocycles. The molecule has 2 aromatic carbocycles. The Labute approximate surface area is 161 Å². The van der Waals surface area contributed by atoms with Crippen molar-refractivity contribution in [2.45, 2.75) is 20.5 Å². The summed E-state index contributed by atoms with van der Waals surface area (Å²) < 4.78 is 30.3. The van der Waals surface area contributed by atoms with E-state index < -0.39 is 11.8 Å². The van der Waals surface area contributed by atoms with Gasteiger partial charge in [0.25, 0.3) is 0 Å². The van der Waals surface area contributed by atoms with Crippen LogP contribution in [0.4, 0.5) is 4.39 Å². The minimum Gasteiger partial charge on any atom is -0.489 e. The van der Waals surface area contributed by atoms with Gasteiger partial charge in [-0.25, -0.2) is 9.18 Å². The monoisotopic (exact) mass is 382 g/mol. The van der Waals surface area contributed by atoms with Crippen molar-refractivity contribution in [1.82, 2.24) is 10.2 Å². The van der Waals surface area contributed by atoms with Gasteiger partial charge in [0, 0.05) is 19.1 Å². The molecule has 0 radical (unpaired) electrons. The number of aryl methyl sites for hydroxylation is 1. The minimum absolute atomic E-state index is 0.0881. The number of carbonyl (C=O) groups is 1. The van der Waals surface area contributed by atoms with Crippen LogP contribution >= 0.6 is 0 Å². The van der Waals surface area contributed by atoms with Gasteiger partial charge >= 0.3 is 5.97 Å². The first kappa shape index (κ1) is 19.3. The highest BCUT2D eigenvalue weighted by Crippen LogP contribution is 2.27. The quantitative estimate of drug-likeness (QED) is 0.453. The molecule has 6 nitrogen and oxygen atoms in total. The number of ether oxygens (including phenoxy) is 2. The van der Waals surface area contributed by atoms with Crippen LogP contribution in [0.3, 0.4) is 0 Å². The summed E-state index contributed by atoms with van der Waals surface area (Å²) in [7, 11) is 0. The van der Waals surface area contributed by atoms with Gasteiger partial charge in [-0.05, 0) is 30.2 Å². The highest BCUT2D eigenvalue weighted by Gasteiger charge is 2.17. The van der Waals surface area contributed by atoms with E-state index in [-0.39, 0.29) is 24.7 Å². The maximum absolute atomic E-state index is 14.2. The Morgan fingerprint density at radius 2 is 1.96 bits per heavy atom. The maximum Gasteiger partial charge on any atom is 0.331 e. The average molecular weight is 382 g/mol. The summed E-state index contributed by atoms with van der Waals surface area (Å²) in [6, 6.07) is 13.7. The van der Waals surface area contributed by atoms with E-state index in [2.05, 4.69) is 10.2 Å². The number of aromatic nitrogens is 2. The summed E-state index contributed by atoms with van der Waals surface area (Å²) in [4.78, 5) is 12.0. The van der Waals surface area contributed by atoms with E-state index in [4.69, 9.17) is 13.9 Å². The highest BCUT2D eigenvalue weighted by molar-refractivity contribution is 5.94. The van der Waals surface area contributed by atoms with Crippen LogP contribution in [0.25, 0.3) is 5.57 Å². The number of halogens is 1. The zero-order chi connectivity index (χ0) is 19.9. The van der Waals surface area contributed by atoms with Crippen molar-refractivity contribution in [3.8, 4) is 5.75 Å². The Kier molecular flexibility index (Phi) is 6.16. The molecule has 0 unspecified atom stereocenters. The fourth-order valence-electron chi connectivity index (χ4n) is 2.52. The van der Waals surface area contributed by atoms with Crippen molar-refractivity contribution >= 4 is 11.5 Å². The zero-order valence-corrected chi connectivity index (χ0v) is 15.5. The standard InChI is InChI=1S/C21H19FN2O4/c1-3-26-20(25)12-19(21-24-23-14(2)28-21)16-9-17(22)11-18(10-16)27-13-15-7-5-4-6-8-15/h4-12H,3,13H2,1-2H3/b19-12-. The number of hydrogen-bond acceptors (Lipinski definition) is 6. The van der Waals surface area contributed by atoms with Gasteiger partial charge in [-0.2, -0.15) is 0 Å². The van der Waals surface area contributed by atoms with Crippen LogP contribution in [0, 0.1) is 12.7 Å². The van der Waals surface area contributed by atoms with Gasteiger partial charge in [-0.15, -0.1) is 10.2 Å². The summed E-state index contributed by atoms with van der Waals surface area (Å²) in [5, 5.41) is 7.71. The van der Waals surface area contributed by atoms with Gasteiger partial charge < -0.3 is 13.9 Å². The topological polar surface area (TPSA) is 74.5 Å². The largest absolute Gasteiger partial charge is 0.489 e. The Bertz CT molecular complexity index is 983. The van der Waals surface area contributed by atoms with Crippen molar-refractivity contribution in [3.63, 3.8) is 0 Å². The number of esters is 1. The Morgan fingerprint density at radius 1 is 1.18 bits per heavy atom. The Morgan fingerprint density at radius 3 is 2.64 bits per heavy atom. The normalized spacial score (nSPS) is 11.3. The Hall–Kier alpha value is -3.48. The molecule has 0 aliphatic carbocycles. The summed E-state index contributed by atoms with van der Waals surface area (Å²) in [6.45, 7) is 3.80. The van der Waals surface area contributed by atoms with E-state index in [1.54, 1.807) is 19.9 Å². The summed E-state index contributed by atoms with van der Waals surface area (Å²) in [5.74, 6) is -0.396. The first-order valence-electron chi connectivity index (χ1n) is 8.71. The van der Waals surface area contributed by atoms with Gasteiger partial charge in [0.15, 0.2) is 0 Å². The molecule has 0 fully saturated rings. The molecule has 0 saturated carbocycles. The molecule has 1 aromatic heterocycles. The lowest BCUT2D eigenvalue weighted by molar-refractivity contribution is -0.137. The van der Waals surface area contributed by atoms with Crippen LogP contribution in [0.2, 0.25) is 0 Å². The van der Waals surface area contributed by atoms with Crippen molar-refractivity contribution in [3.05, 3.63) is 83.3 Å². The average Bonchev–Trinajstić information content (AvgIpc) is 3.11. The van der Waals surface area contributed by atoms with Crippen LogP contribution < -0.4 is 4.74 Å². The molecular formula is C21H19FN2O4. The Balaban J connectivity index is 1.93. The lowest BCUT2D eigenvalue weighted by Gasteiger charge is -2.10. The molecule has 0 amide bonds. The smallest absolute Gasteiger partial charge is 0.331 e. The number of nitrogens with zero attached hydrogens (tertiary/aromatic N) is 2. The first-order valence-corrected chi connectivity index (χ1v) is 8.71. The first-order chi connectivity index (χ1) is 13.5. The second kappa shape index (κ2) is 8.94. The van der Waals surface area contributed by atoms with E-state index in [9.17, 15) is 9.18 Å². The third kappa shape index (κ3) is 5.03. The molecule has 28 heavy (non-hydrogen) atoms. The van der Waals surface area contributed by atoms with Crippen LogP contribution in [0.15, 0.2) is 59.0 Å². The fraction of sp³-hybridized carbons (Fsp3) is 0.190. The third-order valence-electron chi connectivity index (χ3n) is 3.74. The molecular weight excluding hydrogens is 363 g/mol. The van der Waals surface area contributed by atoms with Crippen molar-refractivity contribution in [1.29, 1.82) is 0 Å². The van der Waals surface area contributed by atoms with Crippen molar-refractivity contribution < 1.29 is 23.1 Å². The number of rotatable bonds is 7. The SMILES string of the molecule is CCOC(=O)/C=C(/c1cc(F)cc(OCc2ccccc2)c1)c1nnc(C)o1. The van der Waals surface area contributed by atoms with Gasteiger partial charge in [0.2, 0.25) is 11.8 Å². The predicted octanol–water partition coefficient (Wildman–Crippen LogP) is 4.09. The van der Waals surface area contributed by atoms with E-state index in [0.717, 1.165) is 5.56 Å². The van der Waals surface area contributed by atoms with Gasteiger partial charge in [-0.3, -0.25) is 0 Å². The summed E-state index contributed by atoms with van der Waals surface area (Å²) >= 11 is 0.